The van der Waals surface area contributed by atoms with Crippen molar-refractivity contribution in [2.45, 2.75) is 76.0 Å². The Morgan fingerprint density at radius 1 is 1.15 bits per heavy atom. The lowest BCUT2D eigenvalue weighted by atomic mass is 9.96. The second kappa shape index (κ2) is 13.2. The van der Waals surface area contributed by atoms with E-state index >= 15 is 0 Å². The Morgan fingerprint density at radius 2 is 1.83 bits per heavy atom. The molecule has 41 heavy (non-hydrogen) atoms. The van der Waals surface area contributed by atoms with E-state index in [0.717, 1.165) is 31.2 Å². The average molecular weight is 587 g/mol. The summed E-state index contributed by atoms with van der Waals surface area (Å²) >= 11 is 0. The molecule has 11 heteroatoms. The Bertz CT molecular complexity index is 1330. The number of hydrogen-bond acceptors (Lipinski definition) is 6. The second-order valence-electron chi connectivity index (χ2n) is 11.4. The summed E-state index contributed by atoms with van der Waals surface area (Å²) in [5, 5.41) is 15.8. The van der Waals surface area contributed by atoms with Crippen molar-refractivity contribution < 1.29 is 27.9 Å². The van der Waals surface area contributed by atoms with Gasteiger partial charge in [-0.3, -0.25) is 4.79 Å². The summed E-state index contributed by atoms with van der Waals surface area (Å²) in [4.78, 5) is 28.1. The van der Waals surface area contributed by atoms with Crippen LogP contribution in [-0.2, 0) is 10.0 Å². The molecule has 3 atom stereocenters. The first-order valence-electron chi connectivity index (χ1n) is 14.3. The fourth-order valence-electron chi connectivity index (χ4n) is 5.36. The van der Waals surface area contributed by atoms with E-state index in [-0.39, 0.29) is 54.1 Å². The molecule has 0 radical (unpaired) electrons. The Morgan fingerprint density at radius 3 is 2.49 bits per heavy atom. The molecule has 0 saturated heterocycles. The average Bonchev–Trinajstić information content (AvgIpc) is 2.95. The van der Waals surface area contributed by atoms with Gasteiger partial charge in [0.25, 0.3) is 5.91 Å². The predicted octanol–water partition coefficient (Wildman–Crippen LogP) is 3.99. The van der Waals surface area contributed by atoms with Crippen LogP contribution in [0.15, 0.2) is 47.4 Å². The molecule has 1 saturated carbocycles. The first-order valence-corrected chi connectivity index (χ1v) is 15.8. The third-order valence-electron chi connectivity index (χ3n) is 8.03. The normalized spacial score (nSPS) is 20.9. The van der Waals surface area contributed by atoms with Crippen LogP contribution >= 0.6 is 0 Å². The Labute approximate surface area is 243 Å². The van der Waals surface area contributed by atoms with Crippen LogP contribution < -0.4 is 15.4 Å². The van der Waals surface area contributed by atoms with Crippen LogP contribution in [0.4, 0.5) is 10.5 Å². The Hall–Kier alpha value is -3.15. The number of anilines is 1. The zero-order chi connectivity index (χ0) is 29.7. The highest BCUT2D eigenvalue weighted by Crippen LogP contribution is 2.31. The minimum absolute atomic E-state index is 0.0517. The number of benzene rings is 2. The van der Waals surface area contributed by atoms with E-state index in [2.05, 4.69) is 10.6 Å². The number of fused-ring (bicyclic) bond motifs is 1. The van der Waals surface area contributed by atoms with Gasteiger partial charge in [-0.25, -0.2) is 13.2 Å². The van der Waals surface area contributed by atoms with Gasteiger partial charge in [-0.05, 0) is 57.0 Å². The molecular formula is C30H42N4O6S. The zero-order valence-corrected chi connectivity index (χ0v) is 25.1. The van der Waals surface area contributed by atoms with Gasteiger partial charge in [0.2, 0.25) is 10.0 Å². The fraction of sp³-hybridized carbons (Fsp3) is 0.533. The topological polar surface area (TPSA) is 128 Å². The van der Waals surface area contributed by atoms with E-state index in [4.69, 9.17) is 4.74 Å². The Kier molecular flexibility index (Phi) is 9.93. The molecule has 4 rings (SSSR count). The number of ether oxygens (including phenoxy) is 1. The van der Waals surface area contributed by atoms with E-state index in [1.165, 1.54) is 17.8 Å². The number of nitrogens with one attached hydrogen (secondary N) is 2. The van der Waals surface area contributed by atoms with Crippen LogP contribution in [0.1, 0.15) is 61.9 Å². The second-order valence-corrected chi connectivity index (χ2v) is 13.4. The van der Waals surface area contributed by atoms with Gasteiger partial charge < -0.3 is 25.4 Å². The number of urea groups is 1. The third-order valence-corrected chi connectivity index (χ3v) is 9.87. The number of aliphatic hydroxyl groups excluding tert-OH is 1. The highest BCUT2D eigenvalue weighted by atomic mass is 32.2. The molecule has 0 aromatic heterocycles. The van der Waals surface area contributed by atoms with Crippen molar-refractivity contribution in [1.29, 1.82) is 0 Å². The lowest BCUT2D eigenvalue weighted by Crippen LogP contribution is -2.50. The van der Waals surface area contributed by atoms with Crippen molar-refractivity contribution in [2.75, 3.05) is 32.1 Å². The molecule has 0 bridgehead atoms. The van der Waals surface area contributed by atoms with Crippen LogP contribution in [0.3, 0.4) is 0 Å². The molecule has 224 valence electrons. The number of carbonyl (C=O) groups is 2. The summed E-state index contributed by atoms with van der Waals surface area (Å²) in [5.41, 5.74) is 1.64. The molecule has 0 spiro atoms. The van der Waals surface area contributed by atoms with Gasteiger partial charge in [-0.2, -0.15) is 4.31 Å². The standard InChI is InChI=1S/C30H42N4O6S/c1-20-10-13-25(14-11-20)41(38,39)33(4)18-28-21(2)17-34(22(3)19-35)29(36)26-16-24(12-15-27(26)40-28)32-30(37)31-23-8-6-5-7-9-23/h10-16,21-23,28,35H,5-9,17-19H2,1-4H3,(H2,31,32,37)/t21-,22-,28+/m1/s1. The van der Waals surface area contributed by atoms with Crippen molar-refractivity contribution in [3.8, 4) is 5.75 Å². The first kappa shape index (κ1) is 30.8. The molecule has 1 fully saturated rings. The highest BCUT2D eigenvalue weighted by Gasteiger charge is 2.35. The van der Waals surface area contributed by atoms with Crippen LogP contribution in [0.2, 0.25) is 0 Å². The molecule has 0 unspecified atom stereocenters. The van der Waals surface area contributed by atoms with E-state index < -0.39 is 22.2 Å². The lowest BCUT2D eigenvalue weighted by Gasteiger charge is -2.38. The lowest BCUT2D eigenvalue weighted by molar-refractivity contribution is 0.0387. The number of amides is 3. The number of aryl methyl sites for hydroxylation is 1. The van der Waals surface area contributed by atoms with Gasteiger partial charge in [0.15, 0.2) is 0 Å². The highest BCUT2D eigenvalue weighted by molar-refractivity contribution is 7.89. The molecule has 2 aliphatic rings. The van der Waals surface area contributed by atoms with E-state index in [0.29, 0.717) is 11.4 Å². The molecule has 1 aliphatic heterocycles. The monoisotopic (exact) mass is 586 g/mol. The van der Waals surface area contributed by atoms with Crippen LogP contribution in [-0.4, -0.2) is 79.6 Å². The molecule has 3 N–H and O–H groups in total. The summed E-state index contributed by atoms with van der Waals surface area (Å²) in [7, 11) is -2.26. The van der Waals surface area contributed by atoms with E-state index in [1.54, 1.807) is 54.3 Å². The third kappa shape index (κ3) is 7.38. The van der Waals surface area contributed by atoms with Gasteiger partial charge in [-0.15, -0.1) is 0 Å². The number of aliphatic hydroxyl groups is 1. The molecule has 3 amide bonds. The van der Waals surface area contributed by atoms with Gasteiger partial charge >= 0.3 is 6.03 Å². The van der Waals surface area contributed by atoms with Crippen LogP contribution in [0.5, 0.6) is 5.75 Å². The van der Waals surface area contributed by atoms with Gasteiger partial charge in [0, 0.05) is 31.2 Å². The summed E-state index contributed by atoms with van der Waals surface area (Å²) in [6, 6.07) is 10.9. The quantitative estimate of drug-likeness (QED) is 0.429. The van der Waals surface area contributed by atoms with Crippen LogP contribution in [0, 0.1) is 12.8 Å². The molecule has 2 aromatic carbocycles. The number of carbonyl (C=O) groups excluding carboxylic acids is 2. The first-order chi connectivity index (χ1) is 19.5. The SMILES string of the molecule is Cc1ccc(S(=O)(=O)N(C)C[C@@H]2Oc3ccc(NC(=O)NC4CCCCC4)cc3C(=O)N([C@H](C)CO)C[C@H]2C)cc1. The van der Waals surface area contributed by atoms with Crippen molar-refractivity contribution >= 4 is 27.6 Å². The minimum Gasteiger partial charge on any atom is -0.488 e. The number of likely N-dealkylation sites (N-methyl/N-ethyl adjacent to an activating group) is 1. The van der Waals surface area contributed by atoms with E-state index in [9.17, 15) is 23.1 Å². The maximum atomic E-state index is 13.7. The summed E-state index contributed by atoms with van der Waals surface area (Å²) in [5.74, 6) is -0.291. The number of rotatable bonds is 8. The largest absolute Gasteiger partial charge is 0.488 e. The predicted molar refractivity (Wildman–Crippen MR) is 158 cm³/mol. The number of hydrogen-bond donors (Lipinski definition) is 3. The molecule has 10 nitrogen and oxygen atoms in total. The summed E-state index contributed by atoms with van der Waals surface area (Å²) < 4.78 is 34.2. The van der Waals surface area contributed by atoms with Gasteiger partial charge in [0.05, 0.1) is 29.7 Å². The van der Waals surface area contributed by atoms with Crippen molar-refractivity contribution in [1.82, 2.24) is 14.5 Å². The Balaban J connectivity index is 1.59. The smallest absolute Gasteiger partial charge is 0.319 e. The van der Waals surface area contributed by atoms with Crippen LogP contribution in [0.25, 0.3) is 0 Å². The maximum Gasteiger partial charge on any atom is 0.319 e. The molecule has 1 aliphatic carbocycles. The van der Waals surface area contributed by atoms with E-state index in [1.807, 2.05) is 13.8 Å². The van der Waals surface area contributed by atoms with Crippen molar-refractivity contribution in [3.63, 3.8) is 0 Å². The zero-order valence-electron chi connectivity index (χ0n) is 24.3. The van der Waals surface area contributed by atoms with Crippen molar-refractivity contribution in [3.05, 3.63) is 53.6 Å². The van der Waals surface area contributed by atoms with Gasteiger partial charge in [-0.1, -0.05) is 43.9 Å². The minimum atomic E-state index is -3.78. The molecule has 1 heterocycles. The maximum absolute atomic E-state index is 13.7. The number of nitrogens with zero attached hydrogens (tertiary/aromatic N) is 2. The fourth-order valence-corrected chi connectivity index (χ4v) is 6.54. The van der Waals surface area contributed by atoms with Crippen molar-refractivity contribution in [2.24, 2.45) is 5.92 Å². The summed E-state index contributed by atoms with van der Waals surface area (Å²) in [6.07, 6.45) is 4.68. The molecule has 2 aromatic rings. The summed E-state index contributed by atoms with van der Waals surface area (Å²) in [6.45, 7) is 5.63. The number of sulfonamides is 1. The molecular weight excluding hydrogens is 544 g/mol. The van der Waals surface area contributed by atoms with Gasteiger partial charge in [0.1, 0.15) is 11.9 Å².